The van der Waals surface area contributed by atoms with Gasteiger partial charge in [0.05, 0.1) is 11.1 Å². The number of fused-ring (bicyclic) bond motifs is 1. The molecule has 0 fully saturated rings. The van der Waals surface area contributed by atoms with Crippen LogP contribution in [0, 0.1) is 0 Å². The zero-order valence-electron chi connectivity index (χ0n) is 14.6. The van der Waals surface area contributed by atoms with E-state index in [1.54, 1.807) is 0 Å². The number of pyridine rings is 1. The molecule has 0 aliphatic heterocycles. The zero-order valence-corrected chi connectivity index (χ0v) is 17.0. The predicted molar refractivity (Wildman–Crippen MR) is 107 cm³/mol. The van der Waals surface area contributed by atoms with Crippen LogP contribution in [0.15, 0.2) is 46.6 Å². The van der Waals surface area contributed by atoms with Crippen molar-refractivity contribution in [3.05, 3.63) is 62.6 Å². The maximum absolute atomic E-state index is 13.5. The minimum Gasteiger partial charge on any atom is -0.327 e. The number of rotatable bonds is 5. The third kappa shape index (κ3) is 4.08. The number of aromatic amines is 1. The molecule has 0 unspecified atom stereocenters. The van der Waals surface area contributed by atoms with Crippen molar-refractivity contribution in [2.24, 2.45) is 0 Å². The van der Waals surface area contributed by atoms with Gasteiger partial charge in [0.15, 0.2) is 5.82 Å². The van der Waals surface area contributed by atoms with Crippen molar-refractivity contribution in [2.75, 3.05) is 0 Å². The number of Topliss-reactive ketones (excluding diaryl/α,β-unsaturated/α-hetero) is 1. The third-order valence-electron chi connectivity index (χ3n) is 4.32. The van der Waals surface area contributed by atoms with Crippen molar-refractivity contribution in [3.8, 4) is 11.4 Å². The van der Waals surface area contributed by atoms with Gasteiger partial charge in [0.2, 0.25) is 0 Å². The fraction of sp³-hybridized carbons (Fsp3) is 0.158. The average molecular weight is 481 g/mol. The lowest BCUT2D eigenvalue weighted by atomic mass is 9.99. The van der Waals surface area contributed by atoms with Crippen molar-refractivity contribution >= 4 is 44.0 Å². The van der Waals surface area contributed by atoms with Gasteiger partial charge in [-0.15, -0.1) is 21.5 Å². The van der Waals surface area contributed by atoms with Gasteiger partial charge < -0.3 is 4.98 Å². The summed E-state index contributed by atoms with van der Waals surface area (Å²) in [6.07, 6.45) is -1.71. The van der Waals surface area contributed by atoms with Gasteiger partial charge >= 0.3 is 6.18 Å². The molecule has 0 amide bonds. The molecule has 1 aromatic carbocycles. The summed E-state index contributed by atoms with van der Waals surface area (Å²) in [5.41, 5.74) is 0.445. The Hall–Kier alpha value is -2.59. The summed E-state index contributed by atoms with van der Waals surface area (Å²) in [6.45, 7) is 0. The highest BCUT2D eigenvalue weighted by Gasteiger charge is 2.33. The molecule has 0 atom stereocenters. The van der Waals surface area contributed by atoms with Gasteiger partial charge in [-0.3, -0.25) is 9.78 Å². The Morgan fingerprint density at radius 3 is 2.79 bits per heavy atom. The highest BCUT2D eigenvalue weighted by atomic mass is 79.9. The summed E-state index contributed by atoms with van der Waals surface area (Å²) in [7, 11) is 0. The largest absolute Gasteiger partial charge is 0.417 e. The highest BCUT2D eigenvalue weighted by molar-refractivity contribution is 9.10. The number of halogens is 4. The monoisotopic (exact) mass is 480 g/mol. The molecule has 3 aromatic heterocycles. The van der Waals surface area contributed by atoms with Gasteiger partial charge in [0, 0.05) is 44.7 Å². The number of ketones is 1. The van der Waals surface area contributed by atoms with Crippen LogP contribution < -0.4 is 0 Å². The van der Waals surface area contributed by atoms with E-state index >= 15 is 0 Å². The van der Waals surface area contributed by atoms with E-state index in [-0.39, 0.29) is 35.1 Å². The Morgan fingerprint density at radius 2 is 2.07 bits per heavy atom. The molecule has 0 aliphatic rings. The van der Waals surface area contributed by atoms with E-state index in [0.29, 0.717) is 5.82 Å². The Balaban J connectivity index is 1.62. The van der Waals surface area contributed by atoms with Gasteiger partial charge in [-0.1, -0.05) is 6.07 Å². The molecule has 0 radical (unpaired) electrons. The molecule has 0 saturated carbocycles. The zero-order chi connectivity index (χ0) is 20.6. The number of nitrogens with one attached hydrogen (secondary N) is 1. The summed E-state index contributed by atoms with van der Waals surface area (Å²) in [6, 6.07) is 5.40. The van der Waals surface area contributed by atoms with Crippen LogP contribution in [0.5, 0.6) is 0 Å². The van der Waals surface area contributed by atoms with Crippen LogP contribution in [0.3, 0.4) is 0 Å². The number of H-pyrrole nitrogens is 1. The third-order valence-corrected chi connectivity index (χ3v) is 6.24. The van der Waals surface area contributed by atoms with E-state index in [1.807, 2.05) is 5.38 Å². The maximum atomic E-state index is 13.5. The van der Waals surface area contributed by atoms with Crippen molar-refractivity contribution in [1.29, 1.82) is 0 Å². The number of hydrogen-bond acceptors (Lipinski definition) is 5. The number of hydrogen-bond donors (Lipinski definition) is 1. The second-order valence-corrected chi connectivity index (χ2v) is 8.14. The topological polar surface area (TPSA) is 71.5 Å². The molecule has 4 aromatic rings. The second kappa shape index (κ2) is 7.68. The van der Waals surface area contributed by atoms with Gasteiger partial charge in [-0.2, -0.15) is 13.2 Å². The number of carbonyl (C=O) groups is 1. The Bertz CT molecular complexity index is 1190. The fourth-order valence-electron chi connectivity index (χ4n) is 3.12. The first-order valence-electron chi connectivity index (χ1n) is 8.42. The van der Waals surface area contributed by atoms with E-state index in [0.717, 1.165) is 21.0 Å². The Labute approximate surface area is 175 Å². The Morgan fingerprint density at radius 1 is 1.24 bits per heavy atom. The van der Waals surface area contributed by atoms with Crippen LogP contribution in [0.2, 0.25) is 0 Å². The van der Waals surface area contributed by atoms with Crippen LogP contribution in [0.4, 0.5) is 13.2 Å². The van der Waals surface area contributed by atoms with Gasteiger partial charge in [0.1, 0.15) is 12.1 Å². The van der Waals surface area contributed by atoms with E-state index < -0.39 is 11.7 Å². The number of carbonyl (C=O) groups excluding carboxylic acids is 1. The molecule has 29 heavy (non-hydrogen) atoms. The average Bonchev–Trinajstić information content (AvgIpc) is 3.30. The summed E-state index contributed by atoms with van der Waals surface area (Å²) in [5.74, 6) is 0.318. The van der Waals surface area contributed by atoms with Crippen molar-refractivity contribution in [1.82, 2.24) is 20.2 Å². The van der Waals surface area contributed by atoms with Crippen molar-refractivity contribution in [2.45, 2.75) is 19.0 Å². The SMILES string of the molecule is O=C(Cc1cc(C(F)(F)F)c2cccnc2c1)Cc1scc(Br)c1-c1nnc[nH]1. The fourth-order valence-corrected chi connectivity index (χ4v) is 4.89. The number of alkyl halides is 3. The summed E-state index contributed by atoms with van der Waals surface area (Å²) >= 11 is 4.81. The standard InChI is InChI=1S/C19H12BrF3N4OS/c20-14-8-29-16(17(14)18-25-9-26-27-18)7-11(28)4-10-5-13(19(21,22)23)12-2-1-3-24-15(12)6-10/h1-3,5-6,8-9H,4,7H2,(H,25,26,27). The first-order valence-corrected chi connectivity index (χ1v) is 10.1. The molecule has 5 nitrogen and oxygen atoms in total. The molecule has 0 aliphatic carbocycles. The van der Waals surface area contributed by atoms with Gasteiger partial charge in [-0.05, 0) is 39.7 Å². The van der Waals surface area contributed by atoms with Gasteiger partial charge in [-0.25, -0.2) is 0 Å². The lowest BCUT2D eigenvalue weighted by Crippen LogP contribution is -2.10. The first kappa shape index (κ1) is 19.7. The molecule has 0 bridgehead atoms. The van der Waals surface area contributed by atoms with Crippen LogP contribution in [0.1, 0.15) is 16.0 Å². The van der Waals surface area contributed by atoms with Crippen molar-refractivity contribution in [3.63, 3.8) is 0 Å². The maximum Gasteiger partial charge on any atom is 0.417 e. The van der Waals surface area contributed by atoms with Crippen LogP contribution in [0.25, 0.3) is 22.3 Å². The van der Waals surface area contributed by atoms with E-state index in [1.165, 1.54) is 42.1 Å². The number of thiophene rings is 1. The predicted octanol–water partition coefficient (Wildman–Crippen LogP) is 5.22. The molecule has 0 spiro atoms. The molecule has 1 N–H and O–H groups in total. The van der Waals surface area contributed by atoms with Crippen LogP contribution >= 0.6 is 27.3 Å². The van der Waals surface area contributed by atoms with Crippen LogP contribution in [-0.2, 0) is 23.8 Å². The normalized spacial score (nSPS) is 11.9. The minimum absolute atomic E-state index is 0.0194. The van der Waals surface area contributed by atoms with Crippen LogP contribution in [-0.4, -0.2) is 25.9 Å². The quantitative estimate of drug-likeness (QED) is 0.425. The highest BCUT2D eigenvalue weighted by Crippen LogP contribution is 2.37. The van der Waals surface area contributed by atoms with Crippen molar-refractivity contribution < 1.29 is 18.0 Å². The lowest BCUT2D eigenvalue weighted by molar-refractivity contribution is -0.136. The Kier molecular flexibility index (Phi) is 5.22. The van der Waals surface area contributed by atoms with E-state index in [4.69, 9.17) is 0 Å². The molecule has 148 valence electrons. The summed E-state index contributed by atoms with van der Waals surface area (Å²) in [4.78, 5) is 20.3. The second-order valence-electron chi connectivity index (χ2n) is 6.32. The van der Waals surface area contributed by atoms with Gasteiger partial charge in [0.25, 0.3) is 0 Å². The molecule has 0 saturated heterocycles. The summed E-state index contributed by atoms with van der Waals surface area (Å²) in [5, 5.41) is 9.57. The number of nitrogens with zero attached hydrogens (tertiary/aromatic N) is 3. The first-order chi connectivity index (χ1) is 13.8. The summed E-state index contributed by atoms with van der Waals surface area (Å²) < 4.78 is 41.2. The molecule has 4 rings (SSSR count). The van der Waals surface area contributed by atoms with E-state index in [9.17, 15) is 18.0 Å². The van der Waals surface area contributed by atoms with E-state index in [2.05, 4.69) is 36.1 Å². The number of benzene rings is 1. The molecular formula is C19H12BrF3N4OS. The molecular weight excluding hydrogens is 469 g/mol. The molecule has 10 heteroatoms. The minimum atomic E-state index is -4.53. The lowest BCUT2D eigenvalue weighted by Gasteiger charge is -2.12. The number of aromatic nitrogens is 4. The smallest absolute Gasteiger partial charge is 0.327 e. The molecule has 3 heterocycles.